The first-order valence-electron chi connectivity index (χ1n) is 4.92. The van der Waals surface area contributed by atoms with Crippen molar-refractivity contribution in [1.82, 2.24) is 0 Å². The normalized spacial score (nSPS) is 13.6. The summed E-state index contributed by atoms with van der Waals surface area (Å²) in [5.41, 5.74) is 2.48. The summed E-state index contributed by atoms with van der Waals surface area (Å²) in [4.78, 5) is 11.2. The van der Waals surface area contributed by atoms with Gasteiger partial charge in [-0.3, -0.25) is 4.79 Å². The first-order chi connectivity index (χ1) is 6.43. The summed E-state index contributed by atoms with van der Waals surface area (Å²) >= 11 is 3.25. The minimum atomic E-state index is -0.0686. The highest BCUT2D eigenvalue weighted by molar-refractivity contribution is 9.10. The van der Waals surface area contributed by atoms with Gasteiger partial charge in [-0.05, 0) is 46.6 Å². The summed E-state index contributed by atoms with van der Waals surface area (Å²) in [6, 6.07) is 0. The van der Waals surface area contributed by atoms with Gasteiger partial charge in [-0.25, -0.2) is 0 Å². The van der Waals surface area contributed by atoms with Gasteiger partial charge in [0.2, 0.25) is 0 Å². The van der Waals surface area contributed by atoms with Gasteiger partial charge in [0.25, 0.3) is 0 Å². The minimum absolute atomic E-state index is 0.0686. The molecule has 80 valence electrons. The second-order valence-electron chi connectivity index (χ2n) is 3.83. The van der Waals surface area contributed by atoms with Crippen molar-refractivity contribution in [3.8, 4) is 0 Å². The maximum Gasteiger partial charge on any atom is 0.168 e. The highest BCUT2D eigenvalue weighted by Gasteiger charge is 2.04. The molecule has 0 aromatic carbocycles. The van der Waals surface area contributed by atoms with Crippen LogP contribution in [0.3, 0.4) is 0 Å². The number of carbonyl (C=O) groups is 1. The molecular formula is C12H19BrO. The van der Waals surface area contributed by atoms with Gasteiger partial charge in [0, 0.05) is 0 Å². The van der Waals surface area contributed by atoms with E-state index in [-0.39, 0.29) is 10.6 Å². The van der Waals surface area contributed by atoms with Crippen molar-refractivity contribution in [3.05, 3.63) is 23.3 Å². The van der Waals surface area contributed by atoms with Crippen LogP contribution < -0.4 is 0 Å². The molecule has 0 spiro atoms. The third-order valence-corrected chi connectivity index (χ3v) is 2.32. The minimum Gasteiger partial charge on any atom is -0.294 e. The molecule has 0 radical (unpaired) electrons. The Hall–Kier alpha value is -0.370. The Balaban J connectivity index is 4.02. The largest absolute Gasteiger partial charge is 0.294 e. The lowest BCUT2D eigenvalue weighted by Gasteiger charge is -2.00. The van der Waals surface area contributed by atoms with Gasteiger partial charge in [-0.2, -0.15) is 0 Å². The van der Waals surface area contributed by atoms with Crippen molar-refractivity contribution in [2.45, 2.75) is 45.4 Å². The van der Waals surface area contributed by atoms with Crippen molar-refractivity contribution in [1.29, 1.82) is 0 Å². The Morgan fingerprint density at radius 3 is 2.36 bits per heavy atom. The van der Waals surface area contributed by atoms with E-state index in [9.17, 15) is 4.79 Å². The van der Waals surface area contributed by atoms with Gasteiger partial charge in [0.15, 0.2) is 5.78 Å². The molecule has 0 heterocycles. The molecule has 0 aliphatic rings. The predicted molar refractivity (Wildman–Crippen MR) is 65.8 cm³/mol. The molecule has 0 aromatic rings. The Labute approximate surface area is 95.4 Å². The number of alkyl halides is 1. The quantitative estimate of drug-likeness (QED) is 0.414. The molecule has 0 aliphatic heterocycles. The predicted octanol–water partition coefficient (Wildman–Crippen LogP) is 4.03. The molecule has 14 heavy (non-hydrogen) atoms. The fourth-order valence-corrected chi connectivity index (χ4v) is 1.15. The van der Waals surface area contributed by atoms with Crippen molar-refractivity contribution in [3.63, 3.8) is 0 Å². The van der Waals surface area contributed by atoms with Crippen LogP contribution in [0.15, 0.2) is 23.3 Å². The lowest BCUT2D eigenvalue weighted by atomic mass is 10.1. The molecule has 0 saturated heterocycles. The molecule has 0 rings (SSSR count). The monoisotopic (exact) mass is 258 g/mol. The molecule has 1 unspecified atom stereocenters. The SMILES string of the molecule is CC(C)=CCC/C(C)=C/C(=O)C(C)Br. The van der Waals surface area contributed by atoms with Crippen LogP contribution in [0.25, 0.3) is 0 Å². The summed E-state index contributed by atoms with van der Waals surface area (Å²) in [7, 11) is 0. The highest BCUT2D eigenvalue weighted by Crippen LogP contribution is 2.09. The Kier molecular flexibility index (Phi) is 6.81. The lowest BCUT2D eigenvalue weighted by Crippen LogP contribution is -2.06. The van der Waals surface area contributed by atoms with E-state index in [2.05, 4.69) is 35.9 Å². The van der Waals surface area contributed by atoms with Gasteiger partial charge in [-0.1, -0.05) is 33.2 Å². The van der Waals surface area contributed by atoms with Crippen molar-refractivity contribution in [2.75, 3.05) is 0 Å². The zero-order chi connectivity index (χ0) is 11.1. The number of carbonyl (C=O) groups excluding carboxylic acids is 1. The van der Waals surface area contributed by atoms with Gasteiger partial charge in [0.1, 0.15) is 0 Å². The van der Waals surface area contributed by atoms with Crippen molar-refractivity contribution >= 4 is 21.7 Å². The summed E-state index contributed by atoms with van der Waals surface area (Å²) in [5.74, 6) is 0.153. The number of hydrogen-bond donors (Lipinski definition) is 0. The number of halogens is 1. The maximum absolute atomic E-state index is 11.3. The summed E-state index contributed by atoms with van der Waals surface area (Å²) in [6.07, 6.45) is 5.92. The van der Waals surface area contributed by atoms with Gasteiger partial charge in [0.05, 0.1) is 4.83 Å². The molecule has 0 aromatic heterocycles. The van der Waals surface area contributed by atoms with Crippen LogP contribution in [-0.4, -0.2) is 10.6 Å². The summed E-state index contributed by atoms with van der Waals surface area (Å²) < 4.78 is 0. The van der Waals surface area contributed by atoms with Crippen molar-refractivity contribution in [2.24, 2.45) is 0 Å². The molecule has 2 heteroatoms. The summed E-state index contributed by atoms with van der Waals surface area (Å²) in [5, 5.41) is 0. The summed E-state index contributed by atoms with van der Waals surface area (Å²) in [6.45, 7) is 8.03. The van der Waals surface area contributed by atoms with E-state index in [0.717, 1.165) is 18.4 Å². The zero-order valence-electron chi connectivity index (χ0n) is 9.43. The number of hydrogen-bond acceptors (Lipinski definition) is 1. The number of ketones is 1. The van der Waals surface area contributed by atoms with E-state index >= 15 is 0 Å². The molecule has 0 amide bonds. The standard InChI is InChI=1S/C12H19BrO/c1-9(2)6-5-7-10(3)8-12(14)11(4)13/h6,8,11H,5,7H2,1-4H3/b10-8+. The van der Waals surface area contributed by atoms with Gasteiger partial charge in [-0.15, -0.1) is 0 Å². The fourth-order valence-electron chi connectivity index (χ4n) is 1.02. The van der Waals surface area contributed by atoms with Crippen LogP contribution in [0.2, 0.25) is 0 Å². The second-order valence-corrected chi connectivity index (χ2v) is 5.20. The number of allylic oxidation sites excluding steroid dienone is 4. The molecule has 0 saturated carbocycles. The highest BCUT2D eigenvalue weighted by atomic mass is 79.9. The van der Waals surface area contributed by atoms with Crippen LogP contribution in [0, 0.1) is 0 Å². The zero-order valence-corrected chi connectivity index (χ0v) is 11.0. The topological polar surface area (TPSA) is 17.1 Å². The second kappa shape index (κ2) is 6.99. The van der Waals surface area contributed by atoms with Crippen LogP contribution in [0.4, 0.5) is 0 Å². The third-order valence-electron chi connectivity index (χ3n) is 1.87. The molecule has 0 aliphatic carbocycles. The van der Waals surface area contributed by atoms with Crippen molar-refractivity contribution < 1.29 is 4.79 Å². The first-order valence-corrected chi connectivity index (χ1v) is 5.83. The third kappa shape index (κ3) is 7.07. The number of rotatable bonds is 5. The molecule has 1 atom stereocenters. The fraction of sp³-hybridized carbons (Fsp3) is 0.583. The average Bonchev–Trinajstić information content (AvgIpc) is 2.02. The maximum atomic E-state index is 11.3. The smallest absolute Gasteiger partial charge is 0.168 e. The first kappa shape index (κ1) is 13.6. The van der Waals surface area contributed by atoms with Gasteiger partial charge >= 0.3 is 0 Å². The van der Waals surface area contributed by atoms with E-state index in [1.807, 2.05) is 13.8 Å². The van der Waals surface area contributed by atoms with Crippen LogP contribution in [0.1, 0.15) is 40.5 Å². The van der Waals surface area contributed by atoms with E-state index in [4.69, 9.17) is 0 Å². The van der Waals surface area contributed by atoms with Gasteiger partial charge < -0.3 is 0 Å². The molecule has 0 bridgehead atoms. The van der Waals surface area contributed by atoms with Crippen LogP contribution >= 0.6 is 15.9 Å². The Morgan fingerprint density at radius 1 is 1.36 bits per heavy atom. The lowest BCUT2D eigenvalue weighted by molar-refractivity contribution is -0.113. The molecule has 0 fully saturated rings. The average molecular weight is 259 g/mol. The van der Waals surface area contributed by atoms with E-state index in [1.54, 1.807) is 6.08 Å². The Bertz CT molecular complexity index is 245. The molecule has 1 nitrogen and oxygen atoms in total. The Morgan fingerprint density at radius 2 is 1.93 bits per heavy atom. The van der Waals surface area contributed by atoms with Crippen LogP contribution in [-0.2, 0) is 4.79 Å². The van der Waals surface area contributed by atoms with Crippen LogP contribution in [0.5, 0.6) is 0 Å². The molecular weight excluding hydrogens is 240 g/mol. The van der Waals surface area contributed by atoms with E-state index in [0.29, 0.717) is 0 Å². The molecule has 0 N–H and O–H groups in total. The van der Waals surface area contributed by atoms with E-state index < -0.39 is 0 Å². The van der Waals surface area contributed by atoms with E-state index in [1.165, 1.54) is 5.57 Å².